The minimum atomic E-state index is 0.566. The number of halogens is 1. The van der Waals surface area contributed by atoms with Gasteiger partial charge in [0.05, 0.1) is 16.4 Å². The van der Waals surface area contributed by atoms with Gasteiger partial charge in [-0.05, 0) is 34.7 Å². The molecule has 0 aliphatic rings. The molecule has 1 rings (SSSR count). The van der Waals surface area contributed by atoms with Crippen LogP contribution in [0.2, 0.25) is 0 Å². The van der Waals surface area contributed by atoms with Gasteiger partial charge in [-0.2, -0.15) is 11.8 Å². The Morgan fingerprint density at radius 3 is 2.93 bits per heavy atom. The van der Waals surface area contributed by atoms with Crippen molar-refractivity contribution < 1.29 is 0 Å². The largest absolute Gasteiger partial charge is 0.397 e. The number of aromatic nitrogens is 1. The summed E-state index contributed by atoms with van der Waals surface area (Å²) >= 11 is 5.32. The highest BCUT2D eigenvalue weighted by Gasteiger charge is 2.07. The van der Waals surface area contributed by atoms with Gasteiger partial charge in [-0.15, -0.1) is 0 Å². The van der Waals surface area contributed by atoms with Crippen LogP contribution in [-0.4, -0.2) is 23.0 Å². The van der Waals surface area contributed by atoms with Gasteiger partial charge in [-0.25, -0.2) is 4.98 Å². The van der Waals surface area contributed by atoms with Gasteiger partial charge in [-0.1, -0.05) is 6.92 Å². The van der Waals surface area contributed by atoms with E-state index in [1.54, 1.807) is 6.20 Å². The van der Waals surface area contributed by atoms with Crippen LogP contribution in [0, 0.1) is 6.92 Å². The number of nitrogen functional groups attached to an aromatic ring is 1. The summed E-state index contributed by atoms with van der Waals surface area (Å²) < 4.78 is 0.954. The molecule has 0 aliphatic carbocycles. The molecule has 0 radical (unpaired) electrons. The molecule has 1 aromatic heterocycles. The van der Waals surface area contributed by atoms with Crippen molar-refractivity contribution in [3.63, 3.8) is 0 Å². The lowest BCUT2D eigenvalue weighted by Gasteiger charge is -2.13. The summed E-state index contributed by atoms with van der Waals surface area (Å²) in [6.45, 7) is 5.05. The number of thioether (sulfide) groups is 1. The fourth-order valence-corrected chi connectivity index (χ4v) is 1.76. The second-order valence-corrected chi connectivity index (χ2v) is 5.50. The Hall–Kier alpha value is -0.420. The van der Waals surface area contributed by atoms with Crippen LogP contribution in [0.25, 0.3) is 0 Å². The summed E-state index contributed by atoms with van der Waals surface area (Å²) in [6, 6.07) is 0. The maximum atomic E-state index is 5.75. The molecule has 0 amide bonds. The molecule has 0 spiro atoms. The molecular weight excluding hydrogens is 274 g/mol. The highest BCUT2D eigenvalue weighted by Crippen LogP contribution is 2.27. The van der Waals surface area contributed by atoms with Gasteiger partial charge in [0.25, 0.3) is 0 Å². The molecular formula is C10H16BrN3S. The quantitative estimate of drug-likeness (QED) is 0.895. The van der Waals surface area contributed by atoms with Crippen molar-refractivity contribution in [1.82, 2.24) is 4.98 Å². The zero-order chi connectivity index (χ0) is 11.4. The van der Waals surface area contributed by atoms with Crippen molar-refractivity contribution in [2.24, 2.45) is 0 Å². The molecule has 0 fully saturated rings. The second kappa shape index (κ2) is 5.61. The Morgan fingerprint density at radius 1 is 1.67 bits per heavy atom. The van der Waals surface area contributed by atoms with Gasteiger partial charge in [0, 0.05) is 11.8 Å². The van der Waals surface area contributed by atoms with Crippen molar-refractivity contribution in [2.45, 2.75) is 19.1 Å². The van der Waals surface area contributed by atoms with E-state index in [4.69, 9.17) is 5.73 Å². The minimum Gasteiger partial charge on any atom is -0.397 e. The zero-order valence-electron chi connectivity index (χ0n) is 9.17. The number of nitrogens with two attached hydrogens (primary N) is 1. The molecule has 3 nitrogen and oxygen atoms in total. The highest BCUT2D eigenvalue weighted by atomic mass is 79.9. The third-order valence-electron chi connectivity index (χ3n) is 2.26. The van der Waals surface area contributed by atoms with Gasteiger partial charge in [0.15, 0.2) is 0 Å². The van der Waals surface area contributed by atoms with E-state index in [9.17, 15) is 0 Å². The molecule has 1 heterocycles. The molecule has 1 unspecified atom stereocenters. The third kappa shape index (κ3) is 3.28. The van der Waals surface area contributed by atoms with Gasteiger partial charge in [-0.3, -0.25) is 0 Å². The first-order valence-electron chi connectivity index (χ1n) is 4.73. The van der Waals surface area contributed by atoms with Crippen LogP contribution in [0.1, 0.15) is 12.5 Å². The van der Waals surface area contributed by atoms with E-state index in [1.807, 2.05) is 18.7 Å². The predicted molar refractivity (Wildman–Crippen MR) is 72.6 cm³/mol. The van der Waals surface area contributed by atoms with Crippen LogP contribution in [0.15, 0.2) is 10.7 Å². The Labute approximate surface area is 103 Å². The maximum absolute atomic E-state index is 5.75. The Kier molecular flexibility index (Phi) is 4.73. The smallest absolute Gasteiger partial charge is 0.140 e. The topological polar surface area (TPSA) is 50.9 Å². The number of rotatable bonds is 4. The lowest BCUT2D eigenvalue weighted by molar-refractivity contribution is 0.988. The molecule has 84 valence electrons. The van der Waals surface area contributed by atoms with E-state index in [0.717, 1.165) is 22.4 Å². The molecule has 0 aromatic carbocycles. The molecule has 5 heteroatoms. The van der Waals surface area contributed by atoms with Gasteiger partial charge < -0.3 is 11.1 Å². The van der Waals surface area contributed by atoms with Crippen LogP contribution in [-0.2, 0) is 0 Å². The average molecular weight is 290 g/mol. The number of pyridine rings is 1. The van der Waals surface area contributed by atoms with Crippen LogP contribution in [0.3, 0.4) is 0 Å². The number of nitrogens with zero attached hydrogens (tertiary/aromatic N) is 1. The molecule has 0 saturated heterocycles. The summed E-state index contributed by atoms with van der Waals surface area (Å²) in [5, 5.41) is 3.86. The van der Waals surface area contributed by atoms with E-state index in [2.05, 4.69) is 39.4 Å². The molecule has 0 bridgehead atoms. The summed E-state index contributed by atoms with van der Waals surface area (Å²) in [7, 11) is 0. The zero-order valence-corrected chi connectivity index (χ0v) is 11.6. The first kappa shape index (κ1) is 12.6. The van der Waals surface area contributed by atoms with Crippen molar-refractivity contribution >= 4 is 39.2 Å². The van der Waals surface area contributed by atoms with Crippen LogP contribution in [0.5, 0.6) is 0 Å². The molecule has 3 N–H and O–H groups in total. The summed E-state index contributed by atoms with van der Waals surface area (Å²) in [4.78, 5) is 4.25. The van der Waals surface area contributed by atoms with Crippen LogP contribution < -0.4 is 11.1 Å². The minimum absolute atomic E-state index is 0.566. The maximum Gasteiger partial charge on any atom is 0.140 e. The monoisotopic (exact) mass is 289 g/mol. The molecule has 1 atom stereocenters. The Balaban J connectivity index is 2.74. The Morgan fingerprint density at radius 2 is 2.33 bits per heavy atom. The van der Waals surface area contributed by atoms with Crippen molar-refractivity contribution in [3.8, 4) is 0 Å². The first-order chi connectivity index (χ1) is 7.06. The van der Waals surface area contributed by atoms with E-state index in [0.29, 0.717) is 10.9 Å². The predicted octanol–water partition coefficient (Wildman–Crippen LogP) is 2.90. The van der Waals surface area contributed by atoms with E-state index >= 15 is 0 Å². The third-order valence-corrected chi connectivity index (χ3v) is 4.20. The highest BCUT2D eigenvalue weighted by molar-refractivity contribution is 9.10. The molecule has 1 aromatic rings. The van der Waals surface area contributed by atoms with Crippen molar-refractivity contribution in [1.29, 1.82) is 0 Å². The molecule has 0 aliphatic heterocycles. The average Bonchev–Trinajstić information content (AvgIpc) is 2.24. The summed E-state index contributed by atoms with van der Waals surface area (Å²) in [5.74, 6) is 0.864. The lowest BCUT2D eigenvalue weighted by Crippen LogP contribution is -2.14. The first-order valence-corrected chi connectivity index (χ1v) is 6.81. The van der Waals surface area contributed by atoms with Gasteiger partial charge in [0.2, 0.25) is 0 Å². The molecule has 15 heavy (non-hydrogen) atoms. The normalized spacial score (nSPS) is 12.5. The number of anilines is 2. The Bertz CT molecular complexity index is 344. The standard InChI is InChI=1S/C10H16BrN3S/c1-6(15-3)4-13-10-9(11)7(2)8(12)5-14-10/h5-6H,4,12H2,1-3H3,(H,13,14). The van der Waals surface area contributed by atoms with Gasteiger partial charge >= 0.3 is 0 Å². The molecule has 0 saturated carbocycles. The van der Waals surface area contributed by atoms with E-state index < -0.39 is 0 Å². The van der Waals surface area contributed by atoms with Gasteiger partial charge in [0.1, 0.15) is 5.82 Å². The summed E-state index contributed by atoms with van der Waals surface area (Å²) in [5.41, 5.74) is 7.49. The fraction of sp³-hybridized carbons (Fsp3) is 0.500. The van der Waals surface area contributed by atoms with Crippen molar-refractivity contribution in [2.75, 3.05) is 23.9 Å². The SMILES string of the molecule is CSC(C)CNc1ncc(N)c(C)c1Br. The van der Waals surface area contributed by atoms with Crippen LogP contribution >= 0.6 is 27.7 Å². The second-order valence-electron chi connectivity index (χ2n) is 3.43. The summed E-state index contributed by atoms with van der Waals surface area (Å²) in [6.07, 6.45) is 3.79. The number of hydrogen-bond acceptors (Lipinski definition) is 4. The fourth-order valence-electron chi connectivity index (χ4n) is 1.04. The van der Waals surface area contributed by atoms with Crippen molar-refractivity contribution in [3.05, 3.63) is 16.2 Å². The lowest BCUT2D eigenvalue weighted by atomic mass is 10.2. The van der Waals surface area contributed by atoms with E-state index in [-0.39, 0.29) is 0 Å². The van der Waals surface area contributed by atoms with Crippen LogP contribution in [0.4, 0.5) is 11.5 Å². The number of nitrogens with one attached hydrogen (secondary N) is 1. The van der Waals surface area contributed by atoms with E-state index in [1.165, 1.54) is 0 Å². The number of hydrogen-bond donors (Lipinski definition) is 2.